The van der Waals surface area contributed by atoms with Gasteiger partial charge in [0.05, 0.1) is 6.21 Å². The summed E-state index contributed by atoms with van der Waals surface area (Å²) in [5.74, 6) is -0.434. The van der Waals surface area contributed by atoms with Gasteiger partial charge in [-0.2, -0.15) is 5.10 Å². The maximum atomic E-state index is 13.5. The van der Waals surface area contributed by atoms with Crippen LogP contribution in [0, 0.1) is 13.8 Å². The van der Waals surface area contributed by atoms with Crippen LogP contribution < -0.4 is 5.32 Å². The van der Waals surface area contributed by atoms with Gasteiger partial charge in [-0.1, -0.05) is 60.7 Å². The maximum Gasteiger partial charge on any atom is 0.346 e. The Kier molecular flexibility index (Phi) is 4.31. The highest BCUT2D eigenvalue weighted by Gasteiger charge is 2.54. The molecule has 4 rings (SSSR count). The molecule has 2 heterocycles. The average molecular weight is 372 g/mol. The Morgan fingerprint density at radius 3 is 2.00 bits per heavy atom. The van der Waals surface area contributed by atoms with Crippen molar-refractivity contribution in [2.24, 2.45) is 5.10 Å². The summed E-state index contributed by atoms with van der Waals surface area (Å²) in [6.45, 7) is 3.85. The minimum absolute atomic E-state index is 0.434. The molecule has 3 aromatic rings. The number of hydrogen-bond acceptors (Lipinski definition) is 3. The van der Waals surface area contributed by atoms with Gasteiger partial charge in [0, 0.05) is 17.0 Å². The highest BCUT2D eigenvalue weighted by atomic mass is 16.2. The summed E-state index contributed by atoms with van der Waals surface area (Å²) >= 11 is 0. The van der Waals surface area contributed by atoms with Gasteiger partial charge in [0.15, 0.2) is 5.54 Å². The van der Waals surface area contributed by atoms with E-state index in [9.17, 15) is 9.59 Å². The number of nitrogens with zero attached hydrogens (tertiary/aromatic N) is 2. The molecule has 1 saturated heterocycles. The zero-order valence-corrected chi connectivity index (χ0v) is 15.6. The predicted molar refractivity (Wildman–Crippen MR) is 107 cm³/mol. The van der Waals surface area contributed by atoms with E-state index < -0.39 is 17.5 Å². The number of hydrogen-bond donors (Lipinski definition) is 2. The number of rotatable bonds is 4. The lowest BCUT2D eigenvalue weighted by molar-refractivity contribution is -0.130. The Bertz CT molecular complexity index is 1020. The highest BCUT2D eigenvalue weighted by molar-refractivity contribution is 6.10. The molecule has 0 saturated carbocycles. The van der Waals surface area contributed by atoms with E-state index >= 15 is 0 Å². The fraction of sp³-hybridized carbons (Fsp3) is 0.136. The van der Waals surface area contributed by atoms with Gasteiger partial charge < -0.3 is 10.3 Å². The number of benzene rings is 2. The number of imide groups is 1. The molecule has 1 aromatic heterocycles. The van der Waals surface area contributed by atoms with Crippen LogP contribution in [0.25, 0.3) is 0 Å². The quantitative estimate of drug-likeness (QED) is 0.543. The van der Waals surface area contributed by atoms with Crippen LogP contribution in [-0.2, 0) is 10.3 Å². The molecule has 1 aliphatic rings. The van der Waals surface area contributed by atoms with Crippen LogP contribution >= 0.6 is 0 Å². The summed E-state index contributed by atoms with van der Waals surface area (Å²) in [6.07, 6.45) is 1.53. The molecule has 1 fully saturated rings. The summed E-state index contributed by atoms with van der Waals surface area (Å²) in [6, 6.07) is 19.8. The summed E-state index contributed by atoms with van der Waals surface area (Å²) in [7, 11) is 0. The first-order chi connectivity index (χ1) is 13.5. The van der Waals surface area contributed by atoms with Crippen molar-refractivity contribution in [3.8, 4) is 0 Å². The third kappa shape index (κ3) is 2.79. The molecule has 2 N–H and O–H groups in total. The predicted octanol–water partition coefficient (Wildman–Crippen LogP) is 3.46. The highest BCUT2D eigenvalue weighted by Crippen LogP contribution is 2.36. The Labute approximate surface area is 162 Å². The number of aryl methyl sites for hydroxylation is 2. The molecule has 1 aliphatic heterocycles. The molecule has 2 aromatic carbocycles. The molecule has 0 radical (unpaired) electrons. The summed E-state index contributed by atoms with van der Waals surface area (Å²) in [4.78, 5) is 29.4. The molecule has 0 aliphatic carbocycles. The van der Waals surface area contributed by atoms with Crippen molar-refractivity contribution in [1.82, 2.24) is 15.3 Å². The van der Waals surface area contributed by atoms with Crippen LogP contribution in [0.4, 0.5) is 4.79 Å². The molecule has 0 bridgehead atoms. The molecular formula is C22H20N4O2. The van der Waals surface area contributed by atoms with E-state index in [0.29, 0.717) is 11.1 Å². The van der Waals surface area contributed by atoms with Gasteiger partial charge in [0.1, 0.15) is 0 Å². The maximum absolute atomic E-state index is 13.5. The monoisotopic (exact) mass is 372 g/mol. The number of aromatic nitrogens is 1. The molecule has 6 nitrogen and oxygen atoms in total. The summed E-state index contributed by atoms with van der Waals surface area (Å²) in [5.41, 5.74) is 2.80. The van der Waals surface area contributed by atoms with Crippen molar-refractivity contribution in [3.05, 3.63) is 94.8 Å². The average Bonchev–Trinajstić information content (AvgIpc) is 3.17. The minimum Gasteiger partial charge on any atom is -0.362 e. The Morgan fingerprint density at radius 2 is 1.50 bits per heavy atom. The standard InChI is InChI=1S/C22H20N4O2/c1-15-13-17(16(2)24-15)14-23-26-20(27)22(25-21(26)28,18-9-5-3-6-10-18)19-11-7-4-8-12-19/h3-14,24H,1-2H3,(H,25,28)/b23-14+. The van der Waals surface area contributed by atoms with Crippen molar-refractivity contribution in [1.29, 1.82) is 0 Å². The summed E-state index contributed by atoms with van der Waals surface area (Å²) < 4.78 is 0. The Morgan fingerprint density at radius 1 is 0.929 bits per heavy atom. The van der Waals surface area contributed by atoms with Crippen LogP contribution in [0.15, 0.2) is 71.8 Å². The molecule has 6 heteroatoms. The second kappa shape index (κ2) is 6.81. The number of H-pyrrole nitrogens is 1. The number of hydrazone groups is 1. The van der Waals surface area contributed by atoms with Gasteiger partial charge in [-0.25, -0.2) is 4.79 Å². The van der Waals surface area contributed by atoms with Crippen molar-refractivity contribution >= 4 is 18.2 Å². The smallest absolute Gasteiger partial charge is 0.346 e. The lowest BCUT2D eigenvalue weighted by Gasteiger charge is -2.27. The second-order valence-corrected chi connectivity index (χ2v) is 6.81. The minimum atomic E-state index is -1.31. The first-order valence-corrected chi connectivity index (χ1v) is 9.00. The van der Waals surface area contributed by atoms with E-state index in [-0.39, 0.29) is 0 Å². The van der Waals surface area contributed by atoms with E-state index in [1.54, 1.807) is 0 Å². The van der Waals surface area contributed by atoms with E-state index in [2.05, 4.69) is 15.4 Å². The fourth-order valence-corrected chi connectivity index (χ4v) is 3.56. The fourth-order valence-electron chi connectivity index (χ4n) is 3.56. The van der Waals surface area contributed by atoms with Crippen LogP contribution in [0.2, 0.25) is 0 Å². The molecule has 0 atom stereocenters. The number of aromatic amines is 1. The number of amides is 3. The normalized spacial score (nSPS) is 16.0. The lowest BCUT2D eigenvalue weighted by Crippen LogP contribution is -2.44. The van der Waals surface area contributed by atoms with Crippen LogP contribution in [0.3, 0.4) is 0 Å². The van der Waals surface area contributed by atoms with Gasteiger partial charge in [0.2, 0.25) is 0 Å². The van der Waals surface area contributed by atoms with E-state index in [0.717, 1.165) is 22.0 Å². The van der Waals surface area contributed by atoms with Crippen LogP contribution in [-0.4, -0.2) is 28.1 Å². The molecule has 0 spiro atoms. The number of carbonyl (C=O) groups excluding carboxylic acids is 2. The zero-order valence-electron chi connectivity index (χ0n) is 15.6. The first-order valence-electron chi connectivity index (χ1n) is 9.00. The first kappa shape index (κ1) is 17.7. The van der Waals surface area contributed by atoms with Gasteiger partial charge in [-0.15, -0.1) is 5.01 Å². The molecule has 0 unspecified atom stereocenters. The Hall–Kier alpha value is -3.67. The largest absolute Gasteiger partial charge is 0.362 e. The number of urea groups is 1. The van der Waals surface area contributed by atoms with Crippen LogP contribution in [0.5, 0.6) is 0 Å². The number of carbonyl (C=O) groups is 2. The van der Waals surface area contributed by atoms with Gasteiger partial charge >= 0.3 is 6.03 Å². The van der Waals surface area contributed by atoms with Gasteiger partial charge in [0.25, 0.3) is 5.91 Å². The van der Waals surface area contributed by atoms with Crippen LogP contribution in [0.1, 0.15) is 28.1 Å². The summed E-state index contributed by atoms with van der Waals surface area (Å²) in [5, 5.41) is 7.98. The van der Waals surface area contributed by atoms with Gasteiger partial charge in [-0.05, 0) is 31.0 Å². The lowest BCUT2D eigenvalue weighted by atomic mass is 9.83. The van der Waals surface area contributed by atoms with Crippen molar-refractivity contribution in [3.63, 3.8) is 0 Å². The van der Waals surface area contributed by atoms with E-state index in [1.165, 1.54) is 6.21 Å². The van der Waals surface area contributed by atoms with Crippen molar-refractivity contribution < 1.29 is 9.59 Å². The van der Waals surface area contributed by atoms with E-state index in [1.807, 2.05) is 80.6 Å². The van der Waals surface area contributed by atoms with Crippen molar-refractivity contribution in [2.75, 3.05) is 0 Å². The Balaban J connectivity index is 1.78. The topological polar surface area (TPSA) is 77.6 Å². The zero-order chi connectivity index (χ0) is 19.7. The SMILES string of the molecule is Cc1cc(/C=N/N2C(=O)NC(c3ccccc3)(c3ccccc3)C2=O)c(C)[nH]1. The number of nitrogens with one attached hydrogen (secondary N) is 2. The van der Waals surface area contributed by atoms with Crippen molar-refractivity contribution in [2.45, 2.75) is 19.4 Å². The molecule has 28 heavy (non-hydrogen) atoms. The molecule has 140 valence electrons. The second-order valence-electron chi connectivity index (χ2n) is 6.81. The molecule has 3 amide bonds. The van der Waals surface area contributed by atoms with Gasteiger partial charge in [-0.3, -0.25) is 4.79 Å². The van der Waals surface area contributed by atoms with E-state index in [4.69, 9.17) is 0 Å². The molecular weight excluding hydrogens is 352 g/mol. The third-order valence-corrected chi connectivity index (χ3v) is 4.92. The third-order valence-electron chi connectivity index (χ3n) is 4.92.